The molecule has 2 heterocycles. The van der Waals surface area contributed by atoms with Crippen LogP contribution in [0.15, 0.2) is 24.3 Å². The van der Waals surface area contributed by atoms with Crippen LogP contribution >= 0.6 is 11.6 Å². The molecule has 0 saturated carbocycles. The number of ether oxygens (including phenoxy) is 1. The molecule has 2 N–H and O–H groups in total. The number of rotatable bonds is 5. The maximum absolute atomic E-state index is 12.8. The molecule has 0 radical (unpaired) electrons. The summed E-state index contributed by atoms with van der Waals surface area (Å²) in [6.07, 6.45) is 1.20. The predicted octanol–water partition coefficient (Wildman–Crippen LogP) is 3.69. The summed E-state index contributed by atoms with van der Waals surface area (Å²) in [5.74, 6) is 1.01. The molecule has 1 aromatic carbocycles. The molecule has 1 aliphatic rings. The molecule has 1 aromatic heterocycles. The molecule has 0 aliphatic carbocycles. The zero-order valence-electron chi connectivity index (χ0n) is 16.3. The van der Waals surface area contributed by atoms with Crippen LogP contribution in [0.4, 0.5) is 5.82 Å². The van der Waals surface area contributed by atoms with Gasteiger partial charge < -0.3 is 15.0 Å². The van der Waals surface area contributed by atoms with Gasteiger partial charge in [0.1, 0.15) is 5.75 Å². The van der Waals surface area contributed by atoms with Crippen molar-refractivity contribution in [3.63, 3.8) is 0 Å². The lowest BCUT2D eigenvalue weighted by Crippen LogP contribution is -2.41. The minimum absolute atomic E-state index is 0.0609. The smallest absolute Gasteiger partial charge is 0.257 e. The first kappa shape index (κ1) is 20.2. The lowest BCUT2D eigenvalue weighted by Gasteiger charge is -2.31. The summed E-state index contributed by atoms with van der Waals surface area (Å²) in [7, 11) is 1.52. The summed E-state index contributed by atoms with van der Waals surface area (Å²) in [5.41, 5.74) is 1.42. The molecule has 7 nitrogen and oxygen atoms in total. The first-order valence-electron chi connectivity index (χ1n) is 9.38. The fourth-order valence-corrected chi connectivity index (χ4v) is 3.46. The molecular formula is C20H25ClN4O3. The van der Waals surface area contributed by atoms with E-state index in [-0.39, 0.29) is 17.7 Å². The minimum Gasteiger partial charge on any atom is -0.496 e. The standard InChI is InChI=1S/C20H25ClN4O3/c1-12(2)16-11-18(24-23-16)22-19(26)13-6-8-25(9-7-13)20(27)15-10-14(21)4-5-17(15)28-3/h4-5,10-13H,6-9H2,1-3H3,(H2,22,23,24,26). The van der Waals surface area contributed by atoms with Gasteiger partial charge in [-0.2, -0.15) is 5.10 Å². The fourth-order valence-electron chi connectivity index (χ4n) is 3.29. The van der Waals surface area contributed by atoms with Crippen LogP contribution in [-0.2, 0) is 4.79 Å². The number of benzene rings is 1. The number of amides is 2. The van der Waals surface area contributed by atoms with E-state index in [1.54, 1.807) is 23.1 Å². The lowest BCUT2D eigenvalue weighted by atomic mass is 9.95. The van der Waals surface area contributed by atoms with E-state index in [2.05, 4.69) is 29.4 Å². The molecule has 150 valence electrons. The SMILES string of the molecule is COc1ccc(Cl)cc1C(=O)N1CCC(C(=O)Nc2cc(C(C)C)[nH]n2)CC1. The molecule has 0 spiro atoms. The number of aromatic amines is 1. The van der Waals surface area contributed by atoms with E-state index in [1.165, 1.54) is 7.11 Å². The largest absolute Gasteiger partial charge is 0.496 e. The van der Waals surface area contributed by atoms with Gasteiger partial charge in [-0.1, -0.05) is 25.4 Å². The van der Waals surface area contributed by atoms with Crippen molar-refractivity contribution in [2.45, 2.75) is 32.6 Å². The molecule has 28 heavy (non-hydrogen) atoms. The second kappa shape index (κ2) is 8.65. The van der Waals surface area contributed by atoms with Crippen molar-refractivity contribution in [3.8, 4) is 5.75 Å². The Labute approximate surface area is 169 Å². The second-order valence-electron chi connectivity index (χ2n) is 7.26. The first-order chi connectivity index (χ1) is 13.4. The molecule has 0 bridgehead atoms. The van der Waals surface area contributed by atoms with Gasteiger partial charge in [0.15, 0.2) is 5.82 Å². The number of carbonyl (C=O) groups is 2. The van der Waals surface area contributed by atoms with Crippen LogP contribution in [0.25, 0.3) is 0 Å². The highest BCUT2D eigenvalue weighted by atomic mass is 35.5. The molecule has 3 rings (SSSR count). The van der Waals surface area contributed by atoms with Crippen molar-refractivity contribution in [1.29, 1.82) is 0 Å². The van der Waals surface area contributed by atoms with Crippen LogP contribution in [0, 0.1) is 5.92 Å². The van der Waals surface area contributed by atoms with Gasteiger partial charge in [-0.3, -0.25) is 14.7 Å². The second-order valence-corrected chi connectivity index (χ2v) is 7.70. The van der Waals surface area contributed by atoms with Crippen molar-refractivity contribution in [2.24, 2.45) is 5.92 Å². The quantitative estimate of drug-likeness (QED) is 0.795. The number of likely N-dealkylation sites (tertiary alicyclic amines) is 1. The Bertz CT molecular complexity index is 857. The van der Waals surface area contributed by atoms with E-state index in [4.69, 9.17) is 16.3 Å². The summed E-state index contributed by atoms with van der Waals surface area (Å²) in [6, 6.07) is 6.84. The molecule has 0 unspecified atom stereocenters. The summed E-state index contributed by atoms with van der Waals surface area (Å²) in [5, 5.41) is 10.4. The van der Waals surface area contributed by atoms with Crippen molar-refractivity contribution in [3.05, 3.63) is 40.5 Å². The number of carbonyl (C=O) groups excluding carboxylic acids is 2. The van der Waals surface area contributed by atoms with E-state index >= 15 is 0 Å². The maximum atomic E-state index is 12.8. The number of hydrogen-bond donors (Lipinski definition) is 2. The summed E-state index contributed by atoms with van der Waals surface area (Å²) >= 11 is 6.03. The number of piperidine rings is 1. The topological polar surface area (TPSA) is 87.3 Å². The lowest BCUT2D eigenvalue weighted by molar-refractivity contribution is -0.121. The van der Waals surface area contributed by atoms with Crippen LogP contribution in [0.2, 0.25) is 5.02 Å². The molecule has 0 atom stereocenters. The Kier molecular flexibility index (Phi) is 6.24. The Balaban J connectivity index is 1.58. The van der Waals surface area contributed by atoms with E-state index in [9.17, 15) is 9.59 Å². The molecule has 1 aliphatic heterocycles. The monoisotopic (exact) mass is 404 g/mol. The van der Waals surface area contributed by atoms with E-state index in [0.717, 1.165) is 5.69 Å². The van der Waals surface area contributed by atoms with Gasteiger partial charge >= 0.3 is 0 Å². The van der Waals surface area contributed by atoms with Gasteiger partial charge in [0.05, 0.1) is 12.7 Å². The van der Waals surface area contributed by atoms with Gasteiger partial charge in [0, 0.05) is 35.8 Å². The summed E-state index contributed by atoms with van der Waals surface area (Å²) in [4.78, 5) is 27.1. The predicted molar refractivity (Wildman–Crippen MR) is 108 cm³/mol. The molecule has 8 heteroatoms. The van der Waals surface area contributed by atoms with Crippen LogP contribution in [0.1, 0.15) is 48.7 Å². The van der Waals surface area contributed by atoms with Crippen molar-refractivity contribution < 1.29 is 14.3 Å². The number of nitrogens with zero attached hydrogens (tertiary/aromatic N) is 2. The summed E-state index contributed by atoms with van der Waals surface area (Å²) < 4.78 is 5.28. The molecule has 2 aromatic rings. The van der Waals surface area contributed by atoms with Crippen LogP contribution in [-0.4, -0.2) is 47.1 Å². The zero-order chi connectivity index (χ0) is 20.3. The molecule has 1 saturated heterocycles. The Hall–Kier alpha value is -2.54. The molecular weight excluding hydrogens is 380 g/mol. The number of H-pyrrole nitrogens is 1. The number of nitrogens with one attached hydrogen (secondary N) is 2. The highest BCUT2D eigenvalue weighted by molar-refractivity contribution is 6.31. The van der Waals surface area contributed by atoms with Crippen LogP contribution in [0.3, 0.4) is 0 Å². The zero-order valence-corrected chi connectivity index (χ0v) is 17.0. The maximum Gasteiger partial charge on any atom is 0.257 e. The van der Waals surface area contributed by atoms with Gasteiger partial charge in [0.25, 0.3) is 5.91 Å². The normalized spacial score (nSPS) is 15.0. The number of hydrogen-bond acceptors (Lipinski definition) is 4. The average molecular weight is 405 g/mol. The number of anilines is 1. The van der Waals surface area contributed by atoms with Gasteiger partial charge in [0.2, 0.25) is 5.91 Å². The summed E-state index contributed by atoms with van der Waals surface area (Å²) in [6.45, 7) is 5.12. The van der Waals surface area contributed by atoms with Crippen molar-refractivity contribution in [2.75, 3.05) is 25.5 Å². The van der Waals surface area contributed by atoms with Gasteiger partial charge in [-0.25, -0.2) is 0 Å². The van der Waals surface area contributed by atoms with Crippen LogP contribution < -0.4 is 10.1 Å². The molecule has 1 fully saturated rings. The first-order valence-corrected chi connectivity index (χ1v) is 9.75. The van der Waals surface area contributed by atoms with Gasteiger partial charge in [-0.05, 0) is 37.0 Å². The number of aromatic nitrogens is 2. The molecule has 2 amide bonds. The number of halogens is 1. The van der Waals surface area contributed by atoms with E-state index in [1.807, 2.05) is 6.07 Å². The Morgan fingerprint density at radius 2 is 2.00 bits per heavy atom. The highest BCUT2D eigenvalue weighted by Gasteiger charge is 2.29. The van der Waals surface area contributed by atoms with E-state index < -0.39 is 0 Å². The number of methoxy groups -OCH3 is 1. The minimum atomic E-state index is -0.149. The third kappa shape index (κ3) is 4.47. The van der Waals surface area contributed by atoms with Crippen LogP contribution in [0.5, 0.6) is 5.75 Å². The average Bonchev–Trinajstić information content (AvgIpc) is 3.16. The van der Waals surface area contributed by atoms with Gasteiger partial charge in [-0.15, -0.1) is 0 Å². The third-order valence-electron chi connectivity index (χ3n) is 5.02. The Morgan fingerprint density at radius 1 is 1.29 bits per heavy atom. The Morgan fingerprint density at radius 3 is 2.61 bits per heavy atom. The highest BCUT2D eigenvalue weighted by Crippen LogP contribution is 2.27. The van der Waals surface area contributed by atoms with Crippen molar-refractivity contribution >= 4 is 29.2 Å². The van der Waals surface area contributed by atoms with Crippen molar-refractivity contribution in [1.82, 2.24) is 15.1 Å². The third-order valence-corrected chi connectivity index (χ3v) is 5.25. The van der Waals surface area contributed by atoms with E-state index in [0.29, 0.717) is 54.0 Å². The fraction of sp³-hybridized carbons (Fsp3) is 0.450.